The molecule has 1 amide bonds. The number of carbonyl (C=O) groups is 1. The summed E-state index contributed by atoms with van der Waals surface area (Å²) >= 11 is 0. The third-order valence-corrected chi connectivity index (χ3v) is 2.09. The molecular weight excluding hydrogens is 208 g/mol. The number of hydrogen-bond donors (Lipinski definition) is 1. The molecule has 5 heteroatoms. The molecule has 1 heterocycles. The Labute approximate surface area is 95.3 Å². The predicted molar refractivity (Wildman–Crippen MR) is 61.2 cm³/mol. The lowest BCUT2D eigenvalue weighted by molar-refractivity contribution is -0.143. The van der Waals surface area contributed by atoms with Crippen LogP contribution in [0.5, 0.6) is 0 Å². The highest BCUT2D eigenvalue weighted by Gasteiger charge is 2.10. The van der Waals surface area contributed by atoms with Crippen molar-refractivity contribution in [2.75, 3.05) is 18.5 Å². The monoisotopic (exact) mass is 226 g/mol. The topological polar surface area (TPSA) is 52.5 Å². The number of nitrogens with zero attached hydrogens (tertiary/aromatic N) is 1. The Morgan fingerprint density at radius 1 is 1.44 bits per heavy atom. The summed E-state index contributed by atoms with van der Waals surface area (Å²) in [6.45, 7) is 5.61. The van der Waals surface area contributed by atoms with Crippen LogP contribution in [0.15, 0.2) is 18.3 Å². The molecule has 0 saturated heterocycles. The molecule has 0 aliphatic rings. The summed E-state index contributed by atoms with van der Waals surface area (Å²) in [5.74, 6) is 0.736. The average molecular weight is 226 g/mol. The van der Waals surface area contributed by atoms with E-state index in [0.717, 1.165) is 5.82 Å². The Morgan fingerprint density at radius 2 is 2.12 bits per heavy atom. The maximum absolute atomic E-state index is 10.4. The molecule has 90 valence electrons. The third kappa shape index (κ3) is 3.67. The largest absolute Gasteiger partial charge is 0.351 e. The van der Waals surface area contributed by atoms with Crippen LogP contribution in [0.2, 0.25) is 0 Å². The van der Waals surface area contributed by atoms with Crippen molar-refractivity contribution in [3.8, 4) is 0 Å². The first-order valence-corrected chi connectivity index (χ1v) is 5.40. The van der Waals surface area contributed by atoms with Crippen LogP contribution in [0, 0.1) is 0 Å². The first kappa shape index (κ1) is 12.7. The van der Waals surface area contributed by atoms with E-state index in [2.05, 4.69) is 5.32 Å². The number of anilines is 1. The highest BCUT2D eigenvalue weighted by Crippen LogP contribution is 2.10. The lowest BCUT2D eigenvalue weighted by Crippen LogP contribution is -2.24. The zero-order chi connectivity index (χ0) is 11.8. The number of ether oxygens (including phenoxy) is 2. The van der Waals surface area contributed by atoms with E-state index in [0.29, 0.717) is 26.2 Å². The molecule has 0 radical (unpaired) electrons. The SMILES string of the molecule is CCOC(Cn1cccc1NC=O)OCC. The van der Waals surface area contributed by atoms with Crippen molar-refractivity contribution in [2.45, 2.75) is 26.7 Å². The van der Waals surface area contributed by atoms with E-state index in [1.165, 1.54) is 0 Å². The van der Waals surface area contributed by atoms with Gasteiger partial charge >= 0.3 is 0 Å². The molecule has 0 aliphatic heterocycles. The van der Waals surface area contributed by atoms with Crippen LogP contribution in [-0.4, -0.2) is 30.5 Å². The number of carbonyl (C=O) groups excluding carboxylic acids is 1. The number of hydrogen-bond acceptors (Lipinski definition) is 3. The molecule has 0 aromatic carbocycles. The molecule has 16 heavy (non-hydrogen) atoms. The van der Waals surface area contributed by atoms with Gasteiger partial charge < -0.3 is 19.4 Å². The molecule has 0 aliphatic carbocycles. The van der Waals surface area contributed by atoms with Gasteiger partial charge in [0.15, 0.2) is 6.29 Å². The fourth-order valence-electron chi connectivity index (χ4n) is 1.45. The molecule has 1 rings (SSSR count). The van der Waals surface area contributed by atoms with Crippen molar-refractivity contribution < 1.29 is 14.3 Å². The number of rotatable bonds is 8. The smallest absolute Gasteiger partial charge is 0.212 e. The van der Waals surface area contributed by atoms with Gasteiger partial charge in [-0.1, -0.05) is 0 Å². The van der Waals surface area contributed by atoms with Crippen molar-refractivity contribution >= 4 is 12.2 Å². The maximum atomic E-state index is 10.4. The van der Waals surface area contributed by atoms with E-state index in [9.17, 15) is 4.79 Å². The molecule has 1 N–H and O–H groups in total. The second-order valence-electron chi connectivity index (χ2n) is 3.15. The van der Waals surface area contributed by atoms with E-state index in [1.807, 2.05) is 36.7 Å². The normalized spacial score (nSPS) is 10.7. The van der Waals surface area contributed by atoms with Crippen LogP contribution in [0.4, 0.5) is 5.82 Å². The summed E-state index contributed by atoms with van der Waals surface area (Å²) in [6, 6.07) is 3.68. The third-order valence-electron chi connectivity index (χ3n) is 2.09. The molecule has 0 atom stereocenters. The number of amides is 1. The van der Waals surface area contributed by atoms with E-state index >= 15 is 0 Å². The quantitative estimate of drug-likeness (QED) is 0.539. The maximum Gasteiger partial charge on any atom is 0.212 e. The Balaban J connectivity index is 2.60. The van der Waals surface area contributed by atoms with Crippen LogP contribution in [-0.2, 0) is 20.8 Å². The van der Waals surface area contributed by atoms with Crippen molar-refractivity contribution in [1.29, 1.82) is 0 Å². The zero-order valence-electron chi connectivity index (χ0n) is 9.68. The molecule has 0 unspecified atom stereocenters. The van der Waals surface area contributed by atoms with E-state index in [4.69, 9.17) is 9.47 Å². The summed E-state index contributed by atoms with van der Waals surface area (Å²) in [7, 11) is 0. The lowest BCUT2D eigenvalue weighted by atomic mass is 10.5. The molecule has 1 aromatic heterocycles. The van der Waals surface area contributed by atoms with E-state index in [-0.39, 0.29) is 6.29 Å². The summed E-state index contributed by atoms with van der Waals surface area (Å²) in [5, 5.41) is 2.62. The minimum atomic E-state index is -0.283. The lowest BCUT2D eigenvalue weighted by Gasteiger charge is -2.18. The standard InChI is InChI=1S/C11H18N2O3/c1-3-15-11(16-4-2)8-13-7-5-6-10(13)12-9-14/h5-7,9,11H,3-4,8H2,1-2H3,(H,12,14). The van der Waals surface area contributed by atoms with Crippen molar-refractivity contribution in [3.05, 3.63) is 18.3 Å². The van der Waals surface area contributed by atoms with Crippen LogP contribution < -0.4 is 5.32 Å². The summed E-state index contributed by atoms with van der Waals surface area (Å²) in [4.78, 5) is 10.4. The van der Waals surface area contributed by atoms with Crippen LogP contribution in [0.25, 0.3) is 0 Å². The van der Waals surface area contributed by atoms with Gasteiger partial charge in [0.25, 0.3) is 0 Å². The predicted octanol–water partition coefficient (Wildman–Crippen LogP) is 1.46. The minimum Gasteiger partial charge on any atom is -0.351 e. The molecule has 5 nitrogen and oxygen atoms in total. The number of nitrogens with one attached hydrogen (secondary N) is 1. The average Bonchev–Trinajstić information content (AvgIpc) is 2.67. The Bertz CT molecular complexity index is 306. The summed E-state index contributed by atoms with van der Waals surface area (Å²) < 4.78 is 12.7. The Hall–Kier alpha value is -1.33. The molecule has 1 aromatic rings. The van der Waals surface area contributed by atoms with Gasteiger partial charge in [-0.2, -0.15) is 0 Å². The fraction of sp³-hybridized carbons (Fsp3) is 0.545. The fourth-order valence-corrected chi connectivity index (χ4v) is 1.45. The van der Waals surface area contributed by atoms with E-state index < -0.39 is 0 Å². The van der Waals surface area contributed by atoms with Gasteiger partial charge in [-0.05, 0) is 26.0 Å². The van der Waals surface area contributed by atoms with Gasteiger partial charge in [-0.25, -0.2) is 0 Å². The van der Waals surface area contributed by atoms with Crippen LogP contribution in [0.1, 0.15) is 13.8 Å². The van der Waals surface area contributed by atoms with Gasteiger partial charge in [0.05, 0.1) is 6.54 Å². The zero-order valence-corrected chi connectivity index (χ0v) is 9.68. The Morgan fingerprint density at radius 3 is 2.69 bits per heavy atom. The van der Waals surface area contributed by atoms with Crippen molar-refractivity contribution in [1.82, 2.24) is 4.57 Å². The van der Waals surface area contributed by atoms with Gasteiger partial charge in [0.2, 0.25) is 6.41 Å². The highest BCUT2D eigenvalue weighted by molar-refractivity contribution is 5.69. The molecular formula is C11H18N2O3. The van der Waals surface area contributed by atoms with Gasteiger partial charge in [0, 0.05) is 19.4 Å². The van der Waals surface area contributed by atoms with E-state index in [1.54, 1.807) is 0 Å². The summed E-state index contributed by atoms with van der Waals surface area (Å²) in [5.41, 5.74) is 0. The Kier molecular flexibility index (Phi) is 5.60. The number of aromatic nitrogens is 1. The van der Waals surface area contributed by atoms with Gasteiger partial charge in [-0.15, -0.1) is 0 Å². The summed E-state index contributed by atoms with van der Waals surface area (Å²) in [6.07, 6.45) is 2.24. The first-order chi connectivity index (χ1) is 7.81. The molecule has 0 fully saturated rings. The minimum absolute atomic E-state index is 0.283. The molecule has 0 spiro atoms. The highest BCUT2D eigenvalue weighted by atomic mass is 16.7. The van der Waals surface area contributed by atoms with Gasteiger partial charge in [-0.3, -0.25) is 4.79 Å². The van der Waals surface area contributed by atoms with Crippen LogP contribution >= 0.6 is 0 Å². The second-order valence-corrected chi connectivity index (χ2v) is 3.15. The van der Waals surface area contributed by atoms with Crippen molar-refractivity contribution in [3.63, 3.8) is 0 Å². The molecule has 0 bridgehead atoms. The first-order valence-electron chi connectivity index (χ1n) is 5.40. The van der Waals surface area contributed by atoms with Crippen molar-refractivity contribution in [2.24, 2.45) is 0 Å². The van der Waals surface area contributed by atoms with Gasteiger partial charge in [0.1, 0.15) is 5.82 Å². The molecule has 0 saturated carbocycles. The second kappa shape index (κ2) is 7.03. The van der Waals surface area contributed by atoms with Crippen LogP contribution in [0.3, 0.4) is 0 Å².